The zero-order chi connectivity index (χ0) is 19.4. The SMILES string of the molecule is C/C(CN(C)C)=C(\c1cccc(O)c1)C1(Cl)C=CC(c2ccccc2)=CC1. The fourth-order valence-corrected chi connectivity index (χ4v) is 4.11. The van der Waals surface area contributed by atoms with Crippen LogP contribution in [-0.2, 0) is 0 Å². The van der Waals surface area contributed by atoms with E-state index in [4.69, 9.17) is 11.6 Å². The molecule has 0 heterocycles. The van der Waals surface area contributed by atoms with Crippen LogP contribution < -0.4 is 0 Å². The molecule has 1 aliphatic carbocycles. The van der Waals surface area contributed by atoms with Crippen LogP contribution in [0.15, 0.2) is 78.4 Å². The van der Waals surface area contributed by atoms with Crippen LogP contribution in [-0.4, -0.2) is 35.5 Å². The van der Waals surface area contributed by atoms with E-state index in [0.29, 0.717) is 6.42 Å². The van der Waals surface area contributed by atoms with Gasteiger partial charge in [0.25, 0.3) is 0 Å². The molecule has 2 aromatic carbocycles. The van der Waals surface area contributed by atoms with Crippen molar-refractivity contribution in [1.82, 2.24) is 4.90 Å². The van der Waals surface area contributed by atoms with E-state index >= 15 is 0 Å². The summed E-state index contributed by atoms with van der Waals surface area (Å²) in [5.41, 5.74) is 5.61. The van der Waals surface area contributed by atoms with Gasteiger partial charge in [-0.05, 0) is 61.8 Å². The number of allylic oxidation sites excluding steroid dienone is 5. The smallest absolute Gasteiger partial charge is 0.116 e. The largest absolute Gasteiger partial charge is 0.508 e. The van der Waals surface area contributed by atoms with Crippen LogP contribution in [0, 0.1) is 0 Å². The second-order valence-corrected chi connectivity index (χ2v) is 8.04. The lowest BCUT2D eigenvalue weighted by Gasteiger charge is -2.32. The van der Waals surface area contributed by atoms with Crippen molar-refractivity contribution in [3.05, 3.63) is 89.5 Å². The molecule has 2 nitrogen and oxygen atoms in total. The molecule has 0 bridgehead atoms. The molecule has 0 amide bonds. The Bertz CT molecular complexity index is 896. The number of rotatable bonds is 5. The normalized spacial score (nSPS) is 20.4. The molecule has 0 radical (unpaired) electrons. The molecule has 3 rings (SSSR count). The summed E-state index contributed by atoms with van der Waals surface area (Å²) in [4.78, 5) is 1.50. The van der Waals surface area contributed by atoms with E-state index < -0.39 is 4.87 Å². The van der Waals surface area contributed by atoms with Crippen molar-refractivity contribution < 1.29 is 5.11 Å². The van der Waals surface area contributed by atoms with Crippen molar-refractivity contribution in [3.63, 3.8) is 0 Å². The van der Waals surface area contributed by atoms with Gasteiger partial charge in [0.05, 0.1) is 4.87 Å². The highest BCUT2D eigenvalue weighted by Crippen LogP contribution is 2.44. The maximum Gasteiger partial charge on any atom is 0.116 e. The van der Waals surface area contributed by atoms with Gasteiger partial charge in [0.1, 0.15) is 5.75 Å². The van der Waals surface area contributed by atoms with Gasteiger partial charge in [0.2, 0.25) is 0 Å². The topological polar surface area (TPSA) is 23.5 Å². The monoisotopic (exact) mass is 379 g/mol. The second-order valence-electron chi connectivity index (χ2n) is 7.37. The van der Waals surface area contributed by atoms with Crippen LogP contribution in [0.2, 0.25) is 0 Å². The van der Waals surface area contributed by atoms with Gasteiger partial charge < -0.3 is 10.0 Å². The van der Waals surface area contributed by atoms with Crippen molar-refractivity contribution in [2.75, 3.05) is 20.6 Å². The molecule has 0 aromatic heterocycles. The first-order valence-corrected chi connectivity index (χ1v) is 9.55. The molecule has 2 aromatic rings. The van der Waals surface area contributed by atoms with Gasteiger partial charge in [-0.2, -0.15) is 0 Å². The molecule has 0 aliphatic heterocycles. The molecule has 1 aliphatic rings. The minimum atomic E-state index is -0.633. The van der Waals surface area contributed by atoms with Crippen LogP contribution in [0.4, 0.5) is 0 Å². The molecular weight excluding hydrogens is 354 g/mol. The van der Waals surface area contributed by atoms with Crippen molar-refractivity contribution in [2.24, 2.45) is 0 Å². The summed E-state index contributed by atoms with van der Waals surface area (Å²) in [7, 11) is 4.10. The summed E-state index contributed by atoms with van der Waals surface area (Å²) in [6.07, 6.45) is 7.10. The number of phenolic OH excluding ortho intramolecular Hbond substituents is 1. The fraction of sp³-hybridized carbons (Fsp3) is 0.250. The van der Waals surface area contributed by atoms with Crippen LogP contribution in [0.1, 0.15) is 24.5 Å². The highest BCUT2D eigenvalue weighted by molar-refractivity contribution is 6.32. The van der Waals surface area contributed by atoms with E-state index in [2.05, 4.69) is 56.3 Å². The van der Waals surface area contributed by atoms with Crippen LogP contribution in [0.25, 0.3) is 11.1 Å². The third-order valence-electron chi connectivity index (χ3n) is 4.78. The van der Waals surface area contributed by atoms with Crippen molar-refractivity contribution in [3.8, 4) is 5.75 Å². The molecule has 27 heavy (non-hydrogen) atoms. The lowest BCUT2D eigenvalue weighted by molar-refractivity contribution is 0.445. The van der Waals surface area contributed by atoms with E-state index in [-0.39, 0.29) is 5.75 Å². The third kappa shape index (κ3) is 4.52. The first kappa shape index (κ1) is 19.5. The number of benzene rings is 2. The molecule has 0 saturated heterocycles. The Kier molecular flexibility index (Phi) is 5.88. The summed E-state index contributed by atoms with van der Waals surface area (Å²) < 4.78 is 0. The fourth-order valence-electron chi connectivity index (χ4n) is 3.70. The summed E-state index contributed by atoms with van der Waals surface area (Å²) in [5, 5.41) is 9.99. The minimum absolute atomic E-state index is 0.253. The van der Waals surface area contributed by atoms with Gasteiger partial charge in [-0.25, -0.2) is 0 Å². The van der Waals surface area contributed by atoms with E-state index in [0.717, 1.165) is 17.7 Å². The maximum absolute atomic E-state index is 9.99. The number of nitrogens with zero attached hydrogens (tertiary/aromatic N) is 1. The second kappa shape index (κ2) is 8.16. The molecule has 1 atom stereocenters. The van der Waals surface area contributed by atoms with E-state index in [1.54, 1.807) is 12.1 Å². The van der Waals surface area contributed by atoms with Gasteiger partial charge in [-0.3, -0.25) is 0 Å². The molecule has 0 fully saturated rings. The third-order valence-corrected chi connectivity index (χ3v) is 5.25. The van der Waals surface area contributed by atoms with Crippen LogP contribution in [0.3, 0.4) is 0 Å². The predicted octanol–water partition coefficient (Wildman–Crippen LogP) is 5.75. The summed E-state index contributed by atoms with van der Waals surface area (Å²) >= 11 is 7.17. The highest BCUT2D eigenvalue weighted by atomic mass is 35.5. The number of hydrogen-bond donors (Lipinski definition) is 1. The van der Waals surface area contributed by atoms with Gasteiger partial charge >= 0.3 is 0 Å². The minimum Gasteiger partial charge on any atom is -0.508 e. The molecule has 3 heteroatoms. The lowest BCUT2D eigenvalue weighted by Crippen LogP contribution is -2.25. The zero-order valence-electron chi connectivity index (χ0n) is 16.1. The van der Waals surface area contributed by atoms with Crippen LogP contribution in [0.5, 0.6) is 5.75 Å². The van der Waals surface area contributed by atoms with E-state index in [1.165, 1.54) is 16.7 Å². The Labute approximate surface area is 167 Å². The maximum atomic E-state index is 9.99. The lowest BCUT2D eigenvalue weighted by atomic mass is 9.81. The Balaban J connectivity index is 2.01. The van der Waals surface area contributed by atoms with Crippen molar-refractivity contribution in [2.45, 2.75) is 18.2 Å². The first-order chi connectivity index (χ1) is 12.9. The number of aromatic hydroxyl groups is 1. The number of likely N-dealkylation sites (N-methyl/N-ethyl adjacent to an activating group) is 1. The quantitative estimate of drug-likeness (QED) is 0.668. The number of halogens is 1. The average molecular weight is 380 g/mol. The number of hydrogen-bond acceptors (Lipinski definition) is 2. The molecule has 1 unspecified atom stereocenters. The number of alkyl halides is 1. The van der Waals surface area contributed by atoms with Gasteiger partial charge in [-0.1, -0.05) is 66.3 Å². The highest BCUT2D eigenvalue weighted by Gasteiger charge is 2.33. The molecule has 1 N–H and O–H groups in total. The molecule has 140 valence electrons. The predicted molar refractivity (Wildman–Crippen MR) is 116 cm³/mol. The zero-order valence-corrected chi connectivity index (χ0v) is 16.9. The van der Waals surface area contributed by atoms with Gasteiger partial charge in [0.15, 0.2) is 0 Å². The summed E-state index contributed by atoms with van der Waals surface area (Å²) in [5.74, 6) is 0.253. The van der Waals surface area contributed by atoms with Gasteiger partial charge in [0, 0.05) is 6.54 Å². The Hall–Kier alpha value is -2.29. The average Bonchev–Trinajstić information content (AvgIpc) is 2.62. The van der Waals surface area contributed by atoms with E-state index in [1.807, 2.05) is 30.3 Å². The number of phenols is 1. The van der Waals surface area contributed by atoms with Crippen LogP contribution >= 0.6 is 11.6 Å². The Morgan fingerprint density at radius 2 is 1.85 bits per heavy atom. The van der Waals surface area contributed by atoms with Crippen molar-refractivity contribution >= 4 is 22.7 Å². The Morgan fingerprint density at radius 3 is 2.44 bits per heavy atom. The standard InChI is InChI=1S/C24H26ClNO/c1-18(17-26(2)3)23(21-10-7-11-22(27)16-21)24(25)14-12-20(13-15-24)19-8-5-4-6-9-19/h4-14,16,27H,15,17H2,1-3H3/b23-18-. The molecule has 0 spiro atoms. The van der Waals surface area contributed by atoms with Crippen molar-refractivity contribution in [1.29, 1.82) is 0 Å². The summed E-state index contributed by atoms with van der Waals surface area (Å²) in [6.45, 7) is 2.93. The first-order valence-electron chi connectivity index (χ1n) is 9.17. The van der Waals surface area contributed by atoms with Gasteiger partial charge in [-0.15, -0.1) is 11.6 Å². The molecular formula is C24H26ClNO. The van der Waals surface area contributed by atoms with E-state index in [9.17, 15) is 5.11 Å². The Morgan fingerprint density at radius 1 is 1.11 bits per heavy atom. The molecule has 0 saturated carbocycles. The summed E-state index contributed by atoms with van der Waals surface area (Å²) in [6, 6.07) is 17.7.